The van der Waals surface area contributed by atoms with Gasteiger partial charge in [0.25, 0.3) is 15.9 Å². The lowest BCUT2D eigenvalue weighted by Gasteiger charge is -2.33. The van der Waals surface area contributed by atoms with Crippen molar-refractivity contribution >= 4 is 38.4 Å². The van der Waals surface area contributed by atoms with Gasteiger partial charge >= 0.3 is 0 Å². The molecule has 3 aliphatic rings. The highest BCUT2D eigenvalue weighted by atomic mass is 35.5. The first kappa shape index (κ1) is 21.3. The minimum absolute atomic E-state index is 0.0616. The lowest BCUT2D eigenvalue weighted by atomic mass is 10.1. The van der Waals surface area contributed by atoms with Gasteiger partial charge < -0.3 is 9.88 Å². The quantitative estimate of drug-likeness (QED) is 0.548. The summed E-state index contributed by atoms with van der Waals surface area (Å²) >= 11 is 6.01. The predicted molar refractivity (Wildman–Crippen MR) is 123 cm³/mol. The standard InChI is InChI=1S/C22H19ClN6O4S/c23-17-3-4-18-15(11-17)12-19(26-18)34(31,32)28-9-7-27(8-10-28)21(30)20-24-13-16(14-25-20)22-5-1-2-6-29(22)33-22/h1-6,11-14,26H,7-10H2. The lowest BCUT2D eigenvalue weighted by Crippen LogP contribution is -2.50. The van der Waals surface area contributed by atoms with Crippen molar-refractivity contribution in [2.75, 3.05) is 26.2 Å². The van der Waals surface area contributed by atoms with Gasteiger partial charge in [0.1, 0.15) is 5.03 Å². The fourth-order valence-corrected chi connectivity index (χ4v) is 5.83. The van der Waals surface area contributed by atoms with Gasteiger partial charge in [-0.2, -0.15) is 4.31 Å². The van der Waals surface area contributed by atoms with Crippen LogP contribution in [-0.4, -0.2) is 69.7 Å². The van der Waals surface area contributed by atoms with Crippen LogP contribution in [0.1, 0.15) is 16.2 Å². The average Bonchev–Trinajstić information content (AvgIpc) is 3.47. The number of amides is 1. The van der Waals surface area contributed by atoms with Crippen LogP contribution in [0.4, 0.5) is 0 Å². The van der Waals surface area contributed by atoms with Crippen molar-refractivity contribution in [3.8, 4) is 0 Å². The monoisotopic (exact) mass is 498 g/mol. The van der Waals surface area contributed by atoms with E-state index in [-0.39, 0.29) is 42.9 Å². The van der Waals surface area contributed by atoms with E-state index in [0.717, 1.165) is 10.9 Å². The number of carbonyl (C=O) groups excluding carboxylic acids is 1. The number of sulfonamides is 1. The number of rotatable bonds is 4. The fourth-order valence-electron chi connectivity index (χ4n) is 4.22. The van der Waals surface area contributed by atoms with Crippen molar-refractivity contribution in [1.82, 2.24) is 29.2 Å². The summed E-state index contributed by atoms with van der Waals surface area (Å²) in [6.45, 7) is 0.823. The summed E-state index contributed by atoms with van der Waals surface area (Å²) in [7, 11) is -3.74. The number of H-pyrrole nitrogens is 1. The van der Waals surface area contributed by atoms with E-state index < -0.39 is 15.7 Å². The van der Waals surface area contributed by atoms with Crippen LogP contribution >= 0.6 is 11.6 Å². The van der Waals surface area contributed by atoms with Crippen LogP contribution in [0, 0.1) is 0 Å². The lowest BCUT2D eigenvalue weighted by molar-refractivity contribution is 0.0685. The van der Waals surface area contributed by atoms with E-state index in [9.17, 15) is 13.2 Å². The molecule has 1 aromatic carbocycles. The number of hydrogen-bond acceptors (Lipinski definition) is 7. The molecule has 0 spiro atoms. The Bertz CT molecular complexity index is 1460. The molecule has 0 saturated carbocycles. The minimum Gasteiger partial charge on any atom is -0.345 e. The molecule has 5 heterocycles. The maximum absolute atomic E-state index is 13.1. The highest BCUT2D eigenvalue weighted by Crippen LogP contribution is 2.47. The molecule has 3 aliphatic heterocycles. The Kier molecular flexibility index (Phi) is 4.78. The number of benzene rings is 1. The number of fused-ring (bicyclic) bond motifs is 2. The van der Waals surface area contributed by atoms with E-state index in [4.69, 9.17) is 16.4 Å². The van der Waals surface area contributed by atoms with Crippen LogP contribution < -0.4 is 0 Å². The largest absolute Gasteiger partial charge is 0.345 e. The number of carbonyl (C=O) groups is 1. The molecule has 34 heavy (non-hydrogen) atoms. The Morgan fingerprint density at radius 3 is 2.59 bits per heavy atom. The van der Waals surface area contributed by atoms with E-state index >= 15 is 0 Å². The number of allylic oxidation sites excluding steroid dienone is 2. The summed E-state index contributed by atoms with van der Waals surface area (Å²) < 4.78 is 27.6. The minimum atomic E-state index is -3.74. The molecule has 10 nitrogen and oxygen atoms in total. The predicted octanol–water partition coefficient (Wildman–Crippen LogP) is 2.24. The topological polar surface area (TPSA) is 115 Å². The zero-order valence-electron chi connectivity index (χ0n) is 17.8. The Morgan fingerprint density at radius 1 is 1.09 bits per heavy atom. The van der Waals surface area contributed by atoms with Crippen LogP contribution in [0.5, 0.6) is 0 Å². The second-order valence-electron chi connectivity index (χ2n) is 8.17. The first-order chi connectivity index (χ1) is 16.4. The van der Waals surface area contributed by atoms with Crippen LogP contribution in [0.15, 0.2) is 66.1 Å². The number of nitrogens with one attached hydrogen (secondary N) is 1. The molecule has 6 rings (SSSR count). The summed E-state index contributed by atoms with van der Waals surface area (Å²) in [5, 5.41) is 3.03. The van der Waals surface area contributed by atoms with Crippen LogP contribution in [0.25, 0.3) is 10.9 Å². The van der Waals surface area contributed by atoms with Gasteiger partial charge in [-0.05, 0) is 36.4 Å². The van der Waals surface area contributed by atoms with Gasteiger partial charge in [0, 0.05) is 66.3 Å². The molecule has 1 N–H and O–H groups in total. The van der Waals surface area contributed by atoms with Crippen molar-refractivity contribution in [2.24, 2.45) is 0 Å². The van der Waals surface area contributed by atoms with Gasteiger partial charge in [0.15, 0.2) is 0 Å². The molecular weight excluding hydrogens is 480 g/mol. The van der Waals surface area contributed by atoms with Gasteiger partial charge in [-0.15, -0.1) is 0 Å². The smallest absolute Gasteiger partial charge is 0.291 e. The van der Waals surface area contributed by atoms with Crippen LogP contribution in [-0.2, 0) is 20.6 Å². The molecule has 2 fully saturated rings. The molecule has 0 bridgehead atoms. The van der Waals surface area contributed by atoms with Gasteiger partial charge in [-0.3, -0.25) is 4.79 Å². The molecule has 12 heteroatoms. The van der Waals surface area contributed by atoms with E-state index in [1.807, 2.05) is 18.2 Å². The molecule has 1 unspecified atom stereocenters. The molecule has 1 amide bonds. The zero-order valence-corrected chi connectivity index (χ0v) is 19.3. The SMILES string of the molecule is O=C(c1ncc(C23C=CC=CN2O3)cn1)N1CCN(S(=O)(=O)c2cc3cc(Cl)ccc3[nH]2)CC1. The first-order valence-corrected chi connectivity index (χ1v) is 12.4. The summed E-state index contributed by atoms with van der Waals surface area (Å²) in [6, 6.07) is 6.73. The van der Waals surface area contributed by atoms with Crippen molar-refractivity contribution in [2.45, 2.75) is 10.8 Å². The third-order valence-electron chi connectivity index (χ3n) is 6.15. The molecular formula is C22H19ClN6O4S. The van der Waals surface area contributed by atoms with Gasteiger partial charge in [0.2, 0.25) is 11.5 Å². The summed E-state index contributed by atoms with van der Waals surface area (Å²) in [4.78, 5) is 31.5. The average molecular weight is 499 g/mol. The molecule has 0 radical (unpaired) electrons. The Labute approximate surface area is 200 Å². The maximum atomic E-state index is 13.1. The third kappa shape index (κ3) is 3.40. The van der Waals surface area contributed by atoms with E-state index in [2.05, 4.69) is 15.0 Å². The number of hydroxylamine groups is 2. The van der Waals surface area contributed by atoms with Gasteiger partial charge in [-0.25, -0.2) is 28.3 Å². The molecule has 1 atom stereocenters. The third-order valence-corrected chi connectivity index (χ3v) is 8.20. The highest BCUT2D eigenvalue weighted by molar-refractivity contribution is 7.89. The number of piperazine rings is 1. The summed E-state index contributed by atoms with van der Waals surface area (Å²) in [5.41, 5.74) is 0.723. The Hall–Kier alpha value is -3.25. The second-order valence-corrected chi connectivity index (χ2v) is 10.5. The fraction of sp³-hybridized carbons (Fsp3) is 0.227. The van der Waals surface area contributed by atoms with E-state index in [1.165, 1.54) is 4.31 Å². The molecule has 3 aromatic rings. The number of nitrogens with zero attached hydrogens (tertiary/aromatic N) is 5. The Morgan fingerprint density at radius 2 is 1.85 bits per heavy atom. The maximum Gasteiger partial charge on any atom is 0.291 e. The second kappa shape index (κ2) is 7.64. The number of halogens is 1. The Balaban J connectivity index is 1.13. The molecule has 0 aliphatic carbocycles. The van der Waals surface area contributed by atoms with Gasteiger partial charge in [-0.1, -0.05) is 17.7 Å². The van der Waals surface area contributed by atoms with Crippen LogP contribution in [0.3, 0.4) is 0 Å². The molecule has 2 saturated heterocycles. The normalized spacial score (nSPS) is 22.3. The van der Waals surface area contributed by atoms with E-state index in [1.54, 1.807) is 52.8 Å². The first-order valence-electron chi connectivity index (χ1n) is 10.6. The van der Waals surface area contributed by atoms with Gasteiger partial charge in [0.05, 0.1) is 0 Å². The van der Waals surface area contributed by atoms with Crippen molar-refractivity contribution in [3.63, 3.8) is 0 Å². The van der Waals surface area contributed by atoms with Crippen molar-refractivity contribution in [3.05, 3.63) is 77.5 Å². The number of aromatic amines is 1. The van der Waals surface area contributed by atoms with Crippen LogP contribution in [0.2, 0.25) is 5.02 Å². The highest BCUT2D eigenvalue weighted by Gasteiger charge is 2.54. The van der Waals surface area contributed by atoms with E-state index in [0.29, 0.717) is 10.5 Å². The summed E-state index contributed by atoms with van der Waals surface area (Å²) in [6.07, 6.45) is 10.6. The molecule has 2 aromatic heterocycles. The summed E-state index contributed by atoms with van der Waals surface area (Å²) in [5.74, 6) is -0.277. The zero-order chi connectivity index (χ0) is 23.5. The van der Waals surface area contributed by atoms with Crippen molar-refractivity contribution < 1.29 is 18.0 Å². The molecule has 174 valence electrons. The number of aromatic nitrogens is 3. The van der Waals surface area contributed by atoms with Crippen molar-refractivity contribution in [1.29, 1.82) is 0 Å². The number of hydrogen-bond donors (Lipinski definition) is 1.